The monoisotopic (exact) mass is 660 g/mol. The summed E-state index contributed by atoms with van der Waals surface area (Å²) in [6.45, 7) is 0. The molecule has 0 N–H and O–H groups in total. The number of hydrogen-bond acceptors (Lipinski definition) is 4. The fourth-order valence-corrected chi connectivity index (χ4v) is 7.55. The molecule has 0 bridgehead atoms. The van der Waals surface area contributed by atoms with Gasteiger partial charge in [-0.05, 0) is 90.0 Å². The van der Waals surface area contributed by atoms with Gasteiger partial charge < -0.3 is 9.13 Å². The lowest BCUT2D eigenvalue weighted by atomic mass is 9.90. The van der Waals surface area contributed by atoms with E-state index in [1.54, 1.807) is 12.1 Å². The van der Waals surface area contributed by atoms with E-state index in [1.165, 1.54) is 0 Å². The second-order valence-corrected chi connectivity index (χ2v) is 12.7. The van der Waals surface area contributed by atoms with Gasteiger partial charge in [-0.15, -0.1) is 0 Å². The Kier molecular flexibility index (Phi) is 6.91. The van der Waals surface area contributed by atoms with E-state index in [1.807, 2.05) is 103 Å². The van der Waals surface area contributed by atoms with Crippen LogP contribution in [0, 0.1) is 45.3 Å². The Balaban J connectivity index is 1.38. The molecule has 0 saturated heterocycles. The molecule has 2 aromatic heterocycles. The Bertz CT molecular complexity index is 2990. The van der Waals surface area contributed by atoms with Gasteiger partial charge in [-0.3, -0.25) is 0 Å². The molecule has 0 unspecified atom stereocenters. The lowest BCUT2D eigenvalue weighted by molar-refractivity contribution is 1.17. The molecule has 238 valence electrons. The van der Waals surface area contributed by atoms with Crippen LogP contribution in [0.3, 0.4) is 0 Å². The number of benzene rings is 7. The van der Waals surface area contributed by atoms with E-state index < -0.39 is 0 Å². The highest BCUT2D eigenvalue weighted by Crippen LogP contribution is 2.41. The fourth-order valence-electron chi connectivity index (χ4n) is 7.55. The zero-order valence-electron chi connectivity index (χ0n) is 27.5. The second-order valence-electron chi connectivity index (χ2n) is 12.7. The maximum atomic E-state index is 10.9. The van der Waals surface area contributed by atoms with Crippen LogP contribution < -0.4 is 0 Å². The van der Waals surface area contributed by atoms with Crippen molar-refractivity contribution in [2.45, 2.75) is 0 Å². The number of hydrogen-bond donors (Lipinski definition) is 0. The minimum Gasteiger partial charge on any atom is -0.309 e. The van der Waals surface area contributed by atoms with Gasteiger partial charge in [0.1, 0.15) is 6.07 Å². The molecule has 0 radical (unpaired) electrons. The maximum Gasteiger partial charge on any atom is 0.100 e. The summed E-state index contributed by atoms with van der Waals surface area (Å²) in [5, 5.41) is 44.7. The first kappa shape index (κ1) is 30.2. The molecule has 0 aliphatic carbocycles. The molecule has 0 saturated carbocycles. The van der Waals surface area contributed by atoms with Crippen LogP contribution in [-0.4, -0.2) is 9.13 Å². The van der Waals surface area contributed by atoms with Crippen molar-refractivity contribution in [3.05, 3.63) is 168 Å². The van der Waals surface area contributed by atoms with Crippen LogP contribution >= 0.6 is 0 Å². The van der Waals surface area contributed by atoms with Crippen molar-refractivity contribution < 1.29 is 0 Å². The van der Waals surface area contributed by atoms with Crippen LogP contribution in [0.25, 0.3) is 77.2 Å². The summed E-state index contributed by atoms with van der Waals surface area (Å²) < 4.78 is 4.29. The Morgan fingerprint density at radius 3 is 1.37 bits per heavy atom. The predicted molar refractivity (Wildman–Crippen MR) is 205 cm³/mol. The summed E-state index contributed by atoms with van der Waals surface area (Å²) in [5.41, 5.74) is 10.4. The van der Waals surface area contributed by atoms with Gasteiger partial charge >= 0.3 is 0 Å². The van der Waals surface area contributed by atoms with Crippen LogP contribution in [0.15, 0.2) is 146 Å². The third-order valence-corrected chi connectivity index (χ3v) is 9.80. The summed E-state index contributed by atoms with van der Waals surface area (Å²) >= 11 is 0. The van der Waals surface area contributed by atoms with E-state index in [4.69, 9.17) is 0 Å². The highest BCUT2D eigenvalue weighted by Gasteiger charge is 2.21. The van der Waals surface area contributed by atoms with Crippen molar-refractivity contribution in [3.63, 3.8) is 0 Å². The van der Waals surface area contributed by atoms with Crippen LogP contribution in [0.1, 0.15) is 22.3 Å². The number of rotatable bonds is 4. The van der Waals surface area contributed by atoms with Crippen LogP contribution in [-0.2, 0) is 0 Å². The molecular weight excluding hydrogens is 637 g/mol. The summed E-state index contributed by atoms with van der Waals surface area (Å²) in [5.74, 6) is 0. The van der Waals surface area contributed by atoms with Crippen molar-refractivity contribution in [1.29, 1.82) is 21.0 Å². The first-order valence-electron chi connectivity index (χ1n) is 16.7. The highest BCUT2D eigenvalue weighted by molar-refractivity contribution is 6.11. The predicted octanol–water partition coefficient (Wildman–Crippen LogP) is 10.7. The Morgan fingerprint density at radius 2 is 0.827 bits per heavy atom. The van der Waals surface area contributed by atoms with Gasteiger partial charge in [0.25, 0.3) is 0 Å². The second kappa shape index (κ2) is 11.9. The first-order valence-corrected chi connectivity index (χ1v) is 16.7. The van der Waals surface area contributed by atoms with Gasteiger partial charge in [0.15, 0.2) is 0 Å². The van der Waals surface area contributed by atoms with Gasteiger partial charge in [0.2, 0.25) is 0 Å². The molecule has 0 atom stereocenters. The fraction of sp³-hybridized carbons (Fsp3) is 0. The molecule has 6 heteroatoms. The highest BCUT2D eigenvalue weighted by atomic mass is 15.0. The van der Waals surface area contributed by atoms with Crippen LogP contribution in [0.5, 0.6) is 0 Å². The standard InChI is InChI=1S/C46H24N6/c47-25-29-14-16-45-40(20-29)41-21-30(26-48)15-17-46(41)52(45)35-23-38(32-8-2-1-3-9-32)42(28-50)39(24-35)33-18-31(27-49)19-34(22-33)51-43-12-6-4-10-36(43)37-11-5-7-13-44(37)51/h1-24H. The quantitative estimate of drug-likeness (QED) is 0.187. The topological polar surface area (TPSA) is 105 Å². The average Bonchev–Trinajstić information content (AvgIpc) is 3.72. The molecule has 2 heterocycles. The van der Waals surface area contributed by atoms with Gasteiger partial charge in [-0.25, -0.2) is 0 Å². The van der Waals surface area contributed by atoms with Crippen molar-refractivity contribution in [1.82, 2.24) is 9.13 Å². The average molecular weight is 661 g/mol. The number of aromatic nitrogens is 2. The summed E-state index contributed by atoms with van der Waals surface area (Å²) in [7, 11) is 0. The third-order valence-electron chi connectivity index (χ3n) is 9.80. The third kappa shape index (κ3) is 4.62. The maximum absolute atomic E-state index is 10.9. The van der Waals surface area contributed by atoms with Crippen molar-refractivity contribution in [2.75, 3.05) is 0 Å². The number of nitriles is 4. The van der Waals surface area contributed by atoms with Gasteiger partial charge in [-0.1, -0.05) is 66.7 Å². The van der Waals surface area contributed by atoms with Crippen molar-refractivity contribution >= 4 is 43.6 Å². The molecule has 7 aromatic carbocycles. The Hall–Kier alpha value is -7.90. The van der Waals surface area contributed by atoms with Crippen molar-refractivity contribution in [2.24, 2.45) is 0 Å². The normalized spacial score (nSPS) is 11.0. The van der Waals surface area contributed by atoms with Crippen molar-refractivity contribution in [3.8, 4) is 57.9 Å². The summed E-state index contributed by atoms with van der Waals surface area (Å²) in [4.78, 5) is 0. The molecule has 0 fully saturated rings. The molecule has 0 amide bonds. The van der Waals surface area contributed by atoms with E-state index in [0.29, 0.717) is 27.8 Å². The molecule has 6 nitrogen and oxygen atoms in total. The zero-order chi connectivity index (χ0) is 35.3. The largest absolute Gasteiger partial charge is 0.309 e. The minimum atomic E-state index is 0.467. The molecule has 0 aliphatic rings. The Labute approximate surface area is 298 Å². The SMILES string of the molecule is N#Cc1cc(-c2cc(-n3c4ccc(C#N)cc4c4cc(C#N)ccc43)cc(-c3ccccc3)c2C#N)cc(-n2c3ccccc3c3ccccc32)c1. The van der Waals surface area contributed by atoms with E-state index in [-0.39, 0.29) is 0 Å². The smallest absolute Gasteiger partial charge is 0.100 e. The van der Waals surface area contributed by atoms with Gasteiger partial charge in [-0.2, -0.15) is 21.0 Å². The molecule has 0 spiro atoms. The zero-order valence-corrected chi connectivity index (χ0v) is 27.5. The van der Waals surface area contributed by atoms with E-state index in [0.717, 1.165) is 71.7 Å². The van der Waals surface area contributed by atoms with Crippen LogP contribution in [0.4, 0.5) is 0 Å². The number of para-hydroxylation sites is 2. The summed E-state index contributed by atoms with van der Waals surface area (Å²) in [6, 6.07) is 56.7. The van der Waals surface area contributed by atoms with Gasteiger partial charge in [0, 0.05) is 44.0 Å². The molecule has 0 aliphatic heterocycles. The molecular formula is C46H24N6. The van der Waals surface area contributed by atoms with E-state index >= 15 is 0 Å². The van der Waals surface area contributed by atoms with Crippen LogP contribution in [0.2, 0.25) is 0 Å². The lowest BCUT2D eigenvalue weighted by Gasteiger charge is -2.17. The first-order chi connectivity index (χ1) is 25.6. The van der Waals surface area contributed by atoms with E-state index in [2.05, 4.69) is 63.7 Å². The van der Waals surface area contributed by atoms with Gasteiger partial charge in [0.05, 0.1) is 62.5 Å². The minimum absolute atomic E-state index is 0.467. The number of fused-ring (bicyclic) bond motifs is 6. The summed E-state index contributed by atoms with van der Waals surface area (Å²) in [6.07, 6.45) is 0. The molecule has 9 aromatic rings. The molecule has 9 rings (SSSR count). The van der Waals surface area contributed by atoms with E-state index in [9.17, 15) is 21.0 Å². The lowest BCUT2D eigenvalue weighted by Crippen LogP contribution is -2.00. The molecule has 52 heavy (non-hydrogen) atoms. The Morgan fingerprint density at radius 1 is 0.346 bits per heavy atom. The number of nitrogens with zero attached hydrogens (tertiary/aromatic N) is 6.